The van der Waals surface area contributed by atoms with E-state index in [0.717, 1.165) is 23.5 Å². The molecule has 0 aromatic heterocycles. The van der Waals surface area contributed by atoms with Crippen LogP contribution in [0.5, 0.6) is 11.5 Å². The molecule has 0 heterocycles. The van der Waals surface area contributed by atoms with Gasteiger partial charge < -0.3 is 19.9 Å². The molecule has 0 aliphatic heterocycles. The van der Waals surface area contributed by atoms with Crippen LogP contribution in [0.2, 0.25) is 0 Å². The summed E-state index contributed by atoms with van der Waals surface area (Å²) in [6, 6.07) is 5.55. The quantitative estimate of drug-likeness (QED) is 0.826. The first kappa shape index (κ1) is 13.8. The summed E-state index contributed by atoms with van der Waals surface area (Å²) in [7, 11) is 4.94. The molecule has 0 saturated heterocycles. The zero-order chi connectivity index (χ0) is 12.8. The molecule has 0 aliphatic carbocycles. The lowest BCUT2D eigenvalue weighted by Crippen LogP contribution is -2.18. The molecular formula is C13H21NO3. The van der Waals surface area contributed by atoms with E-state index in [-0.39, 0.29) is 12.1 Å². The molecule has 0 spiro atoms. The Bertz CT molecular complexity index is 355. The topological polar surface area (TPSA) is 53.7 Å². The van der Waals surface area contributed by atoms with Gasteiger partial charge in [-0.05, 0) is 19.4 Å². The van der Waals surface area contributed by atoms with Crippen LogP contribution in [-0.2, 0) is 4.74 Å². The average Bonchev–Trinajstić information content (AvgIpc) is 2.37. The van der Waals surface area contributed by atoms with E-state index in [0.29, 0.717) is 0 Å². The van der Waals surface area contributed by atoms with Crippen LogP contribution in [0.25, 0.3) is 0 Å². The van der Waals surface area contributed by atoms with Crippen LogP contribution in [-0.4, -0.2) is 27.4 Å². The van der Waals surface area contributed by atoms with Gasteiger partial charge in [0.05, 0.1) is 20.3 Å². The fourth-order valence-corrected chi connectivity index (χ4v) is 1.71. The molecule has 0 aliphatic rings. The highest BCUT2D eigenvalue weighted by Gasteiger charge is 2.15. The zero-order valence-corrected chi connectivity index (χ0v) is 10.9. The minimum absolute atomic E-state index is 0.106. The number of benzene rings is 1. The number of rotatable bonds is 6. The lowest BCUT2D eigenvalue weighted by atomic mass is 10.0. The Kier molecular flexibility index (Phi) is 5.25. The van der Waals surface area contributed by atoms with Crippen molar-refractivity contribution in [3.05, 3.63) is 23.8 Å². The summed E-state index contributed by atoms with van der Waals surface area (Å²) in [5, 5.41) is 0. The molecule has 0 fully saturated rings. The minimum Gasteiger partial charge on any atom is -0.497 e. The van der Waals surface area contributed by atoms with Gasteiger partial charge in [0, 0.05) is 24.8 Å². The lowest BCUT2D eigenvalue weighted by Gasteiger charge is -2.19. The summed E-state index contributed by atoms with van der Waals surface area (Å²) in [6.07, 6.45) is 0.871. The van der Waals surface area contributed by atoms with Gasteiger partial charge in [0.1, 0.15) is 11.5 Å². The predicted octanol–water partition coefficient (Wildman–Crippen LogP) is 2.13. The van der Waals surface area contributed by atoms with Crippen molar-refractivity contribution >= 4 is 0 Å². The number of methoxy groups -OCH3 is 3. The molecule has 1 aromatic carbocycles. The average molecular weight is 239 g/mol. The largest absolute Gasteiger partial charge is 0.497 e. The Labute approximate surface area is 103 Å². The van der Waals surface area contributed by atoms with E-state index in [2.05, 4.69) is 0 Å². The van der Waals surface area contributed by atoms with Crippen molar-refractivity contribution in [3.8, 4) is 11.5 Å². The normalized spacial score (nSPS) is 14.2. The fourth-order valence-electron chi connectivity index (χ4n) is 1.71. The third-order valence-electron chi connectivity index (χ3n) is 2.83. The van der Waals surface area contributed by atoms with Crippen LogP contribution in [0.3, 0.4) is 0 Å². The van der Waals surface area contributed by atoms with Gasteiger partial charge in [-0.2, -0.15) is 0 Å². The molecular weight excluding hydrogens is 218 g/mol. The van der Waals surface area contributed by atoms with Gasteiger partial charge in [-0.25, -0.2) is 0 Å². The molecule has 17 heavy (non-hydrogen) atoms. The third kappa shape index (κ3) is 3.61. The highest BCUT2D eigenvalue weighted by atomic mass is 16.5. The third-order valence-corrected chi connectivity index (χ3v) is 2.83. The summed E-state index contributed by atoms with van der Waals surface area (Å²) in [4.78, 5) is 0. The second-order valence-corrected chi connectivity index (χ2v) is 4.00. The Morgan fingerprint density at radius 3 is 2.41 bits per heavy atom. The van der Waals surface area contributed by atoms with Gasteiger partial charge >= 0.3 is 0 Å². The van der Waals surface area contributed by atoms with Gasteiger partial charge in [-0.1, -0.05) is 6.07 Å². The van der Waals surface area contributed by atoms with Gasteiger partial charge in [-0.3, -0.25) is 0 Å². The van der Waals surface area contributed by atoms with Crippen molar-refractivity contribution < 1.29 is 14.2 Å². The molecule has 0 radical (unpaired) electrons. The molecule has 4 nitrogen and oxygen atoms in total. The summed E-state index contributed by atoms with van der Waals surface area (Å²) < 4.78 is 15.7. The SMILES string of the molecule is COc1ccc(C(N)CC(C)OC)c(OC)c1. The van der Waals surface area contributed by atoms with Gasteiger partial charge in [0.2, 0.25) is 0 Å². The lowest BCUT2D eigenvalue weighted by molar-refractivity contribution is 0.104. The van der Waals surface area contributed by atoms with Crippen LogP contribution < -0.4 is 15.2 Å². The smallest absolute Gasteiger partial charge is 0.127 e. The van der Waals surface area contributed by atoms with Crippen molar-refractivity contribution in [2.75, 3.05) is 21.3 Å². The molecule has 2 unspecified atom stereocenters. The number of hydrogen-bond donors (Lipinski definition) is 1. The molecule has 1 rings (SSSR count). The molecule has 4 heteroatoms. The van der Waals surface area contributed by atoms with E-state index in [1.165, 1.54) is 0 Å². The van der Waals surface area contributed by atoms with E-state index in [1.54, 1.807) is 21.3 Å². The van der Waals surface area contributed by atoms with Gasteiger partial charge in [0.25, 0.3) is 0 Å². The Balaban J connectivity index is 2.88. The van der Waals surface area contributed by atoms with Crippen LogP contribution in [0.4, 0.5) is 0 Å². The van der Waals surface area contributed by atoms with Gasteiger partial charge in [0.15, 0.2) is 0 Å². The van der Waals surface area contributed by atoms with Crippen molar-refractivity contribution in [1.29, 1.82) is 0 Å². The van der Waals surface area contributed by atoms with Gasteiger partial charge in [-0.15, -0.1) is 0 Å². The minimum atomic E-state index is -0.106. The first-order chi connectivity index (χ1) is 8.12. The molecule has 0 bridgehead atoms. The standard InChI is InChI=1S/C13H21NO3/c1-9(15-2)7-12(14)11-6-5-10(16-3)8-13(11)17-4/h5-6,8-9,12H,7,14H2,1-4H3. The van der Waals surface area contributed by atoms with Crippen LogP contribution >= 0.6 is 0 Å². The molecule has 2 atom stereocenters. The van der Waals surface area contributed by atoms with Crippen molar-refractivity contribution in [3.63, 3.8) is 0 Å². The number of hydrogen-bond acceptors (Lipinski definition) is 4. The number of nitrogens with two attached hydrogens (primary N) is 1. The molecule has 96 valence electrons. The van der Waals surface area contributed by atoms with E-state index >= 15 is 0 Å². The first-order valence-corrected chi connectivity index (χ1v) is 5.62. The van der Waals surface area contributed by atoms with Crippen LogP contribution in [0.1, 0.15) is 24.9 Å². The summed E-state index contributed by atoms with van der Waals surface area (Å²) in [5.41, 5.74) is 7.11. The van der Waals surface area contributed by atoms with E-state index in [9.17, 15) is 0 Å². The van der Waals surface area contributed by atoms with Crippen molar-refractivity contribution in [2.45, 2.75) is 25.5 Å². The molecule has 0 saturated carbocycles. The van der Waals surface area contributed by atoms with E-state index in [4.69, 9.17) is 19.9 Å². The predicted molar refractivity (Wildman–Crippen MR) is 67.6 cm³/mol. The summed E-state index contributed by atoms with van der Waals surface area (Å²) >= 11 is 0. The van der Waals surface area contributed by atoms with E-state index < -0.39 is 0 Å². The molecule has 1 aromatic rings. The second kappa shape index (κ2) is 6.47. The molecule has 0 amide bonds. The fraction of sp³-hybridized carbons (Fsp3) is 0.538. The Morgan fingerprint density at radius 2 is 1.88 bits per heavy atom. The maximum absolute atomic E-state index is 6.14. The first-order valence-electron chi connectivity index (χ1n) is 5.62. The monoisotopic (exact) mass is 239 g/mol. The highest BCUT2D eigenvalue weighted by molar-refractivity contribution is 5.42. The highest BCUT2D eigenvalue weighted by Crippen LogP contribution is 2.30. The Morgan fingerprint density at radius 1 is 1.18 bits per heavy atom. The second-order valence-electron chi connectivity index (χ2n) is 4.00. The van der Waals surface area contributed by atoms with Crippen LogP contribution in [0.15, 0.2) is 18.2 Å². The van der Waals surface area contributed by atoms with Crippen molar-refractivity contribution in [2.24, 2.45) is 5.73 Å². The summed E-state index contributed by atoms with van der Waals surface area (Å²) in [6.45, 7) is 2.00. The maximum atomic E-state index is 6.14. The number of ether oxygens (including phenoxy) is 3. The van der Waals surface area contributed by atoms with E-state index in [1.807, 2.05) is 25.1 Å². The van der Waals surface area contributed by atoms with Crippen LogP contribution in [0, 0.1) is 0 Å². The molecule has 2 N–H and O–H groups in total. The Hall–Kier alpha value is -1.26. The van der Waals surface area contributed by atoms with Crippen molar-refractivity contribution in [1.82, 2.24) is 0 Å². The zero-order valence-electron chi connectivity index (χ0n) is 10.9. The maximum Gasteiger partial charge on any atom is 0.127 e. The summed E-state index contributed by atoms with van der Waals surface area (Å²) in [5.74, 6) is 1.51.